The molecule has 0 aliphatic heterocycles. The Labute approximate surface area is 165 Å². The molecule has 5 nitrogen and oxygen atoms in total. The maximum atomic E-state index is 12.4. The van der Waals surface area contributed by atoms with Gasteiger partial charge in [-0.25, -0.2) is 0 Å². The maximum absolute atomic E-state index is 12.4. The minimum Gasteiger partial charge on any atom is -0.411 e. The lowest BCUT2D eigenvalue weighted by Gasteiger charge is -2.10. The van der Waals surface area contributed by atoms with Crippen molar-refractivity contribution in [3.05, 3.63) is 58.1 Å². The molecule has 1 N–H and O–H groups in total. The molecule has 1 atom stereocenters. The Morgan fingerprint density at radius 3 is 2.58 bits per heavy atom. The van der Waals surface area contributed by atoms with Crippen LogP contribution in [0.4, 0.5) is 5.69 Å². The standard InChI is InChI=1S/C18H15Cl2N3O2S/c1-10-4-3-5-12(6-10)17-22-23-18(25-17)26-11(2)16(24)21-15-8-13(19)7-14(20)9-15/h3-9,11H,1-2H3,(H,21,24)/t11-/m1/s1. The van der Waals surface area contributed by atoms with Crippen LogP contribution < -0.4 is 5.32 Å². The van der Waals surface area contributed by atoms with Gasteiger partial charge in [0.15, 0.2) is 0 Å². The molecular formula is C18H15Cl2N3O2S. The number of aryl methyl sites for hydroxylation is 1. The van der Waals surface area contributed by atoms with Gasteiger partial charge in [-0.15, -0.1) is 10.2 Å². The third-order valence-electron chi connectivity index (χ3n) is 3.45. The monoisotopic (exact) mass is 407 g/mol. The number of anilines is 1. The van der Waals surface area contributed by atoms with Crippen LogP contribution in [0.2, 0.25) is 10.0 Å². The molecule has 0 radical (unpaired) electrons. The van der Waals surface area contributed by atoms with Gasteiger partial charge in [0.1, 0.15) is 0 Å². The zero-order chi connectivity index (χ0) is 18.7. The van der Waals surface area contributed by atoms with E-state index in [2.05, 4.69) is 15.5 Å². The molecule has 1 aromatic heterocycles. The van der Waals surface area contributed by atoms with Crippen LogP contribution in [0.3, 0.4) is 0 Å². The summed E-state index contributed by atoms with van der Waals surface area (Å²) in [6.45, 7) is 3.74. The molecule has 1 amide bonds. The second kappa shape index (κ2) is 8.12. The summed E-state index contributed by atoms with van der Waals surface area (Å²) >= 11 is 13.1. The van der Waals surface area contributed by atoms with E-state index in [1.54, 1.807) is 25.1 Å². The van der Waals surface area contributed by atoms with Crippen LogP contribution >= 0.6 is 35.0 Å². The second-order valence-electron chi connectivity index (χ2n) is 5.65. The van der Waals surface area contributed by atoms with Gasteiger partial charge in [-0.3, -0.25) is 4.79 Å². The number of hydrogen-bond donors (Lipinski definition) is 1. The summed E-state index contributed by atoms with van der Waals surface area (Å²) in [6.07, 6.45) is 0. The van der Waals surface area contributed by atoms with Crippen molar-refractivity contribution >= 4 is 46.6 Å². The van der Waals surface area contributed by atoms with Gasteiger partial charge in [-0.05, 0) is 44.2 Å². The second-order valence-corrected chi connectivity index (χ2v) is 7.81. The van der Waals surface area contributed by atoms with Crippen molar-refractivity contribution in [3.8, 4) is 11.5 Å². The van der Waals surface area contributed by atoms with E-state index >= 15 is 0 Å². The van der Waals surface area contributed by atoms with E-state index in [1.165, 1.54) is 11.8 Å². The van der Waals surface area contributed by atoms with Gasteiger partial charge in [-0.2, -0.15) is 0 Å². The largest absolute Gasteiger partial charge is 0.411 e. The first-order valence-electron chi connectivity index (χ1n) is 7.75. The lowest BCUT2D eigenvalue weighted by Crippen LogP contribution is -2.22. The van der Waals surface area contributed by atoms with Crippen molar-refractivity contribution in [1.82, 2.24) is 10.2 Å². The summed E-state index contributed by atoms with van der Waals surface area (Å²) in [7, 11) is 0. The topological polar surface area (TPSA) is 68.0 Å². The number of nitrogens with zero attached hydrogens (tertiary/aromatic N) is 2. The molecule has 0 spiro atoms. The first kappa shape index (κ1) is 18.8. The summed E-state index contributed by atoms with van der Waals surface area (Å²) in [5.41, 5.74) is 2.48. The number of halogens is 2. The van der Waals surface area contributed by atoms with Crippen molar-refractivity contribution in [2.24, 2.45) is 0 Å². The average Bonchev–Trinajstić information content (AvgIpc) is 3.02. The Hall–Kier alpha value is -2.02. The van der Waals surface area contributed by atoms with E-state index in [4.69, 9.17) is 27.6 Å². The molecule has 8 heteroatoms. The fourth-order valence-electron chi connectivity index (χ4n) is 2.23. The van der Waals surface area contributed by atoms with Gasteiger partial charge in [0.05, 0.1) is 5.25 Å². The van der Waals surface area contributed by atoms with Crippen LogP contribution in [-0.4, -0.2) is 21.4 Å². The van der Waals surface area contributed by atoms with Crippen LogP contribution in [0.5, 0.6) is 0 Å². The molecule has 0 aliphatic carbocycles. The summed E-state index contributed by atoms with van der Waals surface area (Å²) in [6, 6.07) is 12.6. The highest BCUT2D eigenvalue weighted by atomic mass is 35.5. The van der Waals surface area contributed by atoms with Gasteiger partial charge in [-0.1, -0.05) is 52.7 Å². The van der Waals surface area contributed by atoms with E-state index in [-0.39, 0.29) is 5.91 Å². The molecule has 134 valence electrons. The molecule has 3 aromatic rings. The summed E-state index contributed by atoms with van der Waals surface area (Å²) in [5.74, 6) is 0.203. The average molecular weight is 408 g/mol. The molecule has 1 heterocycles. The molecular weight excluding hydrogens is 393 g/mol. The summed E-state index contributed by atoms with van der Waals surface area (Å²) in [4.78, 5) is 12.4. The third kappa shape index (κ3) is 4.78. The van der Waals surface area contributed by atoms with Crippen molar-refractivity contribution in [2.75, 3.05) is 5.32 Å². The predicted octanol–water partition coefficient (Wildman–Crippen LogP) is 5.47. The number of hydrogen-bond acceptors (Lipinski definition) is 5. The Morgan fingerprint density at radius 1 is 1.15 bits per heavy atom. The van der Waals surface area contributed by atoms with Crippen LogP contribution in [0, 0.1) is 6.92 Å². The van der Waals surface area contributed by atoms with E-state index in [0.29, 0.717) is 26.8 Å². The Balaban J connectivity index is 1.66. The van der Waals surface area contributed by atoms with Gasteiger partial charge in [0.25, 0.3) is 5.22 Å². The highest BCUT2D eigenvalue weighted by Gasteiger charge is 2.19. The molecule has 0 saturated heterocycles. The zero-order valence-electron chi connectivity index (χ0n) is 14.0. The van der Waals surface area contributed by atoms with Crippen molar-refractivity contribution in [2.45, 2.75) is 24.3 Å². The van der Waals surface area contributed by atoms with E-state index in [1.807, 2.05) is 31.2 Å². The smallest absolute Gasteiger partial charge is 0.277 e. The van der Waals surface area contributed by atoms with Gasteiger partial charge >= 0.3 is 0 Å². The van der Waals surface area contributed by atoms with Crippen LogP contribution in [-0.2, 0) is 4.79 Å². The quantitative estimate of drug-likeness (QED) is 0.567. The number of benzene rings is 2. The fourth-order valence-corrected chi connectivity index (χ4v) is 3.44. The Morgan fingerprint density at radius 2 is 1.88 bits per heavy atom. The number of amides is 1. The Bertz CT molecular complexity index is 925. The zero-order valence-corrected chi connectivity index (χ0v) is 16.3. The lowest BCUT2D eigenvalue weighted by molar-refractivity contribution is -0.115. The van der Waals surface area contributed by atoms with Crippen LogP contribution in [0.25, 0.3) is 11.5 Å². The van der Waals surface area contributed by atoms with Gasteiger partial charge in [0, 0.05) is 21.3 Å². The Kier molecular flexibility index (Phi) is 5.86. The molecule has 0 bridgehead atoms. The van der Waals surface area contributed by atoms with E-state index < -0.39 is 5.25 Å². The normalized spacial score (nSPS) is 12.0. The number of carbonyl (C=O) groups excluding carboxylic acids is 1. The highest BCUT2D eigenvalue weighted by molar-refractivity contribution is 8.00. The summed E-state index contributed by atoms with van der Waals surface area (Å²) in [5, 5.41) is 11.6. The van der Waals surface area contributed by atoms with Gasteiger partial charge < -0.3 is 9.73 Å². The molecule has 0 aliphatic rings. The number of nitrogens with one attached hydrogen (secondary N) is 1. The highest BCUT2D eigenvalue weighted by Crippen LogP contribution is 2.28. The van der Waals surface area contributed by atoms with Crippen molar-refractivity contribution in [1.29, 1.82) is 0 Å². The molecule has 0 saturated carbocycles. The third-order valence-corrected chi connectivity index (χ3v) is 4.82. The van der Waals surface area contributed by atoms with Crippen LogP contribution in [0.1, 0.15) is 12.5 Å². The molecule has 0 fully saturated rings. The number of carbonyl (C=O) groups is 1. The van der Waals surface area contributed by atoms with Crippen molar-refractivity contribution in [3.63, 3.8) is 0 Å². The first-order valence-corrected chi connectivity index (χ1v) is 9.38. The first-order chi connectivity index (χ1) is 12.4. The van der Waals surface area contributed by atoms with Crippen molar-refractivity contribution < 1.29 is 9.21 Å². The minimum absolute atomic E-state index is 0.219. The van der Waals surface area contributed by atoms with Gasteiger partial charge in [0.2, 0.25) is 11.8 Å². The van der Waals surface area contributed by atoms with Crippen LogP contribution in [0.15, 0.2) is 52.1 Å². The molecule has 26 heavy (non-hydrogen) atoms. The fraction of sp³-hybridized carbons (Fsp3) is 0.167. The minimum atomic E-state index is -0.446. The molecule has 2 aromatic carbocycles. The molecule has 0 unspecified atom stereocenters. The maximum Gasteiger partial charge on any atom is 0.277 e. The van der Waals surface area contributed by atoms with E-state index in [0.717, 1.165) is 11.1 Å². The molecule has 3 rings (SSSR count). The predicted molar refractivity (Wildman–Crippen MR) is 105 cm³/mol. The number of aromatic nitrogens is 2. The lowest BCUT2D eigenvalue weighted by atomic mass is 10.1. The number of rotatable bonds is 5. The van der Waals surface area contributed by atoms with E-state index in [9.17, 15) is 4.79 Å². The number of thioether (sulfide) groups is 1. The SMILES string of the molecule is Cc1cccc(-c2nnc(S[C@H](C)C(=O)Nc3cc(Cl)cc(Cl)c3)o2)c1. The summed E-state index contributed by atoms with van der Waals surface area (Å²) < 4.78 is 5.65.